The van der Waals surface area contributed by atoms with Crippen molar-refractivity contribution in [2.75, 3.05) is 5.32 Å². The molecule has 5 nitrogen and oxygen atoms in total. The summed E-state index contributed by atoms with van der Waals surface area (Å²) < 4.78 is 41.4. The summed E-state index contributed by atoms with van der Waals surface area (Å²) in [6.45, 7) is 0. The Bertz CT molecular complexity index is 1540. The van der Waals surface area contributed by atoms with Gasteiger partial charge in [-0.05, 0) is 104 Å². The zero-order valence-electron chi connectivity index (χ0n) is 20.0. The summed E-state index contributed by atoms with van der Waals surface area (Å²) in [5, 5.41) is 13.8. The molecule has 0 saturated heterocycles. The highest BCUT2D eigenvalue weighted by atomic mass is 19.4. The summed E-state index contributed by atoms with van der Waals surface area (Å²) in [4.78, 5) is 18.7. The molecule has 4 aromatic rings. The number of halogens is 3. The van der Waals surface area contributed by atoms with Crippen LogP contribution in [-0.4, -0.2) is 21.0 Å². The number of carbonyl (C=O) groups is 1. The number of aromatic nitrogens is 2. The fourth-order valence-electron chi connectivity index (χ4n) is 7.85. The lowest BCUT2D eigenvalue weighted by Gasteiger charge is -2.57. The van der Waals surface area contributed by atoms with E-state index in [1.165, 1.54) is 56.2 Å². The molecule has 37 heavy (non-hydrogen) atoms. The number of aromatic carboxylic acids is 1. The van der Waals surface area contributed by atoms with Crippen molar-refractivity contribution in [3.8, 4) is 0 Å². The van der Waals surface area contributed by atoms with Gasteiger partial charge in [0.15, 0.2) is 5.69 Å². The van der Waals surface area contributed by atoms with Crippen LogP contribution in [0.1, 0.15) is 60.1 Å². The van der Waals surface area contributed by atoms with Crippen molar-refractivity contribution in [1.82, 2.24) is 9.97 Å². The second-order valence-corrected chi connectivity index (χ2v) is 11.4. The van der Waals surface area contributed by atoms with Crippen LogP contribution in [-0.2, 0) is 11.6 Å². The number of hydrogen-bond acceptors (Lipinski definition) is 3. The summed E-state index contributed by atoms with van der Waals surface area (Å²) in [7, 11) is 0. The van der Waals surface area contributed by atoms with Crippen LogP contribution in [0.3, 0.4) is 0 Å². The molecule has 2 aromatic heterocycles. The number of hydrogen-bond donors (Lipinski definition) is 3. The van der Waals surface area contributed by atoms with Gasteiger partial charge in [0.2, 0.25) is 0 Å². The van der Waals surface area contributed by atoms with Gasteiger partial charge in [-0.15, -0.1) is 0 Å². The first-order chi connectivity index (χ1) is 17.7. The van der Waals surface area contributed by atoms with Gasteiger partial charge in [0.1, 0.15) is 5.82 Å². The molecule has 0 amide bonds. The highest BCUT2D eigenvalue weighted by Crippen LogP contribution is 2.61. The summed E-state index contributed by atoms with van der Waals surface area (Å²) in [5.74, 6) is 1.31. The van der Waals surface area contributed by atoms with Gasteiger partial charge in [0.05, 0.1) is 11.3 Å². The van der Waals surface area contributed by atoms with Gasteiger partial charge in [-0.1, -0.05) is 12.1 Å². The van der Waals surface area contributed by atoms with Crippen molar-refractivity contribution >= 4 is 39.3 Å². The number of H-pyrrole nitrogens is 1. The van der Waals surface area contributed by atoms with E-state index in [9.17, 15) is 23.1 Å². The fourth-order valence-corrected chi connectivity index (χ4v) is 7.85. The number of anilines is 2. The summed E-state index contributed by atoms with van der Waals surface area (Å²) in [5.41, 5.74) is 1.87. The molecule has 0 spiro atoms. The maximum absolute atomic E-state index is 13.8. The highest BCUT2D eigenvalue weighted by Gasteiger charge is 2.51. The standard InChI is InChI=1S/C29H26F3N3O2/c30-29(31,32)19-10-23-26(24(11-19)35-25-3-1-2-22(34-25)27(36)37)20-9-18(4-5-21(20)33-23)28-12-15-6-16(13-28)8-17(7-15)14-28/h1-5,9-11,15-17,33H,6-8,12-14H2,(H,34,35)(H,36,37). The molecule has 190 valence electrons. The number of nitrogens with zero attached hydrogens (tertiary/aromatic N) is 1. The van der Waals surface area contributed by atoms with E-state index in [1.807, 2.05) is 6.07 Å². The van der Waals surface area contributed by atoms with Crippen LogP contribution >= 0.6 is 0 Å². The first-order valence-electron chi connectivity index (χ1n) is 12.8. The van der Waals surface area contributed by atoms with Crippen molar-refractivity contribution in [1.29, 1.82) is 0 Å². The minimum absolute atomic E-state index is 0.156. The second-order valence-electron chi connectivity index (χ2n) is 11.4. The van der Waals surface area contributed by atoms with Crippen LogP contribution < -0.4 is 5.32 Å². The maximum Gasteiger partial charge on any atom is 0.416 e. The van der Waals surface area contributed by atoms with E-state index in [2.05, 4.69) is 27.4 Å². The average Bonchev–Trinajstić information content (AvgIpc) is 3.21. The van der Waals surface area contributed by atoms with E-state index in [1.54, 1.807) is 6.07 Å². The number of benzene rings is 2. The molecule has 8 heteroatoms. The van der Waals surface area contributed by atoms with Crippen LogP contribution in [0.15, 0.2) is 48.5 Å². The Kier molecular flexibility index (Phi) is 4.73. The molecular formula is C29H26F3N3O2. The Hall–Kier alpha value is -3.55. The van der Waals surface area contributed by atoms with Crippen molar-refractivity contribution in [3.63, 3.8) is 0 Å². The number of alkyl halides is 3. The van der Waals surface area contributed by atoms with Crippen LogP contribution in [0.5, 0.6) is 0 Å². The molecule has 4 fully saturated rings. The topological polar surface area (TPSA) is 78.0 Å². The molecule has 4 aliphatic rings. The average molecular weight is 506 g/mol. The van der Waals surface area contributed by atoms with Gasteiger partial charge in [-0.25, -0.2) is 9.78 Å². The summed E-state index contributed by atoms with van der Waals surface area (Å²) in [6, 6.07) is 13.0. The molecular weight excluding hydrogens is 479 g/mol. The number of nitrogens with one attached hydrogen (secondary N) is 2. The van der Waals surface area contributed by atoms with E-state index >= 15 is 0 Å². The third kappa shape index (κ3) is 3.68. The number of fused-ring (bicyclic) bond motifs is 3. The highest BCUT2D eigenvalue weighted by molar-refractivity contribution is 6.14. The lowest BCUT2D eigenvalue weighted by Crippen LogP contribution is -2.48. The third-order valence-corrected chi connectivity index (χ3v) is 8.91. The van der Waals surface area contributed by atoms with Crippen molar-refractivity contribution < 1.29 is 23.1 Å². The van der Waals surface area contributed by atoms with E-state index in [0.29, 0.717) is 10.9 Å². The third-order valence-electron chi connectivity index (χ3n) is 8.91. The largest absolute Gasteiger partial charge is 0.477 e. The molecule has 0 aliphatic heterocycles. The number of aromatic amines is 1. The normalized spacial score (nSPS) is 26.7. The van der Waals surface area contributed by atoms with Crippen molar-refractivity contribution in [3.05, 3.63) is 65.4 Å². The Morgan fingerprint density at radius 1 is 0.973 bits per heavy atom. The number of carboxylic acids is 1. The Balaban J connectivity index is 1.40. The van der Waals surface area contributed by atoms with Crippen LogP contribution in [0.4, 0.5) is 24.7 Å². The number of carboxylic acid groups (broad SMARTS) is 1. The molecule has 4 saturated carbocycles. The zero-order valence-corrected chi connectivity index (χ0v) is 20.0. The molecule has 0 radical (unpaired) electrons. The monoisotopic (exact) mass is 505 g/mol. The van der Waals surface area contributed by atoms with Gasteiger partial charge >= 0.3 is 12.1 Å². The van der Waals surface area contributed by atoms with Crippen molar-refractivity contribution in [2.24, 2.45) is 17.8 Å². The first kappa shape index (κ1) is 22.6. The molecule has 0 unspecified atom stereocenters. The van der Waals surface area contributed by atoms with Crippen molar-refractivity contribution in [2.45, 2.75) is 50.1 Å². The number of rotatable bonds is 4. The van der Waals surface area contributed by atoms with E-state index < -0.39 is 17.7 Å². The van der Waals surface area contributed by atoms with E-state index in [-0.39, 0.29) is 22.6 Å². The molecule has 4 bridgehead atoms. The predicted octanol–water partition coefficient (Wildman–Crippen LogP) is 7.64. The minimum Gasteiger partial charge on any atom is -0.477 e. The van der Waals surface area contributed by atoms with Gasteiger partial charge < -0.3 is 15.4 Å². The van der Waals surface area contributed by atoms with Gasteiger partial charge in [-0.3, -0.25) is 0 Å². The predicted molar refractivity (Wildman–Crippen MR) is 135 cm³/mol. The van der Waals surface area contributed by atoms with E-state index in [0.717, 1.165) is 40.8 Å². The van der Waals surface area contributed by atoms with Crippen LogP contribution in [0.25, 0.3) is 21.8 Å². The Morgan fingerprint density at radius 2 is 1.68 bits per heavy atom. The van der Waals surface area contributed by atoms with Gasteiger partial charge in [-0.2, -0.15) is 13.2 Å². The Morgan fingerprint density at radius 3 is 2.32 bits per heavy atom. The molecule has 8 rings (SSSR count). The van der Waals surface area contributed by atoms with E-state index in [4.69, 9.17) is 0 Å². The Labute approximate surface area is 211 Å². The van der Waals surface area contributed by atoms with Gasteiger partial charge in [0, 0.05) is 21.8 Å². The first-order valence-corrected chi connectivity index (χ1v) is 12.8. The summed E-state index contributed by atoms with van der Waals surface area (Å²) >= 11 is 0. The second kappa shape index (κ2) is 7.73. The van der Waals surface area contributed by atoms with Gasteiger partial charge in [0.25, 0.3) is 0 Å². The maximum atomic E-state index is 13.8. The smallest absolute Gasteiger partial charge is 0.416 e. The van der Waals surface area contributed by atoms with Crippen LogP contribution in [0, 0.1) is 17.8 Å². The quantitative estimate of drug-likeness (QED) is 0.266. The SMILES string of the molecule is O=C(O)c1cccc(Nc2cc(C(F)(F)F)cc3[nH]c4ccc(C56CC7CC(CC(C7)C5)C6)cc4c23)n1. The lowest BCUT2D eigenvalue weighted by atomic mass is 9.48. The zero-order chi connectivity index (χ0) is 25.5. The molecule has 3 N–H and O–H groups in total. The summed E-state index contributed by atoms with van der Waals surface area (Å²) in [6.07, 6.45) is 3.07. The minimum atomic E-state index is -4.54. The molecule has 2 heterocycles. The molecule has 4 aliphatic carbocycles. The molecule has 0 atom stereocenters. The van der Waals surface area contributed by atoms with Crippen LogP contribution in [0.2, 0.25) is 0 Å². The molecule has 2 aromatic carbocycles. The lowest BCUT2D eigenvalue weighted by molar-refractivity contribution is -0.137. The number of pyridine rings is 1. The fraction of sp³-hybridized carbons (Fsp3) is 0.379.